The van der Waals surface area contributed by atoms with Crippen LogP contribution in [0.3, 0.4) is 0 Å². The van der Waals surface area contributed by atoms with Crippen molar-refractivity contribution >= 4 is 11.3 Å². The lowest BCUT2D eigenvalue weighted by Gasteiger charge is -2.02. The van der Waals surface area contributed by atoms with E-state index >= 15 is 0 Å². The van der Waals surface area contributed by atoms with Crippen LogP contribution in [0.2, 0.25) is 0 Å². The van der Waals surface area contributed by atoms with Crippen LogP contribution in [-0.2, 0) is 12.8 Å². The van der Waals surface area contributed by atoms with Gasteiger partial charge in [0.1, 0.15) is 5.01 Å². The van der Waals surface area contributed by atoms with Gasteiger partial charge >= 0.3 is 0 Å². The summed E-state index contributed by atoms with van der Waals surface area (Å²) in [6.45, 7) is 4.07. The number of thiazole rings is 1. The highest BCUT2D eigenvalue weighted by Gasteiger charge is 2.15. The fraction of sp³-hybridized carbons (Fsp3) is 0.400. The van der Waals surface area contributed by atoms with E-state index in [-0.39, 0.29) is 6.04 Å². The summed E-state index contributed by atoms with van der Waals surface area (Å²) < 4.78 is 0. The van der Waals surface area contributed by atoms with Crippen LogP contribution in [0.4, 0.5) is 0 Å². The van der Waals surface area contributed by atoms with E-state index in [2.05, 4.69) is 23.2 Å². The van der Waals surface area contributed by atoms with Crippen molar-refractivity contribution in [1.82, 2.24) is 4.98 Å². The number of fused-ring (bicyclic) bond motifs is 1. The highest BCUT2D eigenvalue weighted by atomic mass is 32.1. The van der Waals surface area contributed by atoms with E-state index in [9.17, 15) is 0 Å². The predicted molar refractivity (Wildman–Crippen MR) is 76.9 cm³/mol. The lowest BCUT2D eigenvalue weighted by molar-refractivity contribution is 0.825. The maximum absolute atomic E-state index is 5.97. The molecule has 0 amide bonds. The largest absolute Gasteiger partial charge is 0.323 e. The Morgan fingerprint density at radius 2 is 2.06 bits per heavy atom. The van der Waals surface area contributed by atoms with Crippen molar-refractivity contribution < 1.29 is 0 Å². The van der Waals surface area contributed by atoms with Crippen molar-refractivity contribution in [3.63, 3.8) is 0 Å². The van der Waals surface area contributed by atoms with Crippen LogP contribution in [-0.4, -0.2) is 4.98 Å². The van der Waals surface area contributed by atoms with Crippen molar-refractivity contribution in [3.8, 4) is 10.6 Å². The molecule has 3 heteroatoms. The van der Waals surface area contributed by atoms with Crippen LogP contribution in [0.25, 0.3) is 10.6 Å². The average molecular weight is 258 g/mol. The molecule has 0 fully saturated rings. The summed E-state index contributed by atoms with van der Waals surface area (Å²) in [4.78, 5) is 5.87. The van der Waals surface area contributed by atoms with Gasteiger partial charge in [-0.25, -0.2) is 4.98 Å². The number of hydrogen-bond acceptors (Lipinski definition) is 3. The van der Waals surface area contributed by atoms with Crippen LogP contribution in [0.1, 0.15) is 41.1 Å². The highest BCUT2D eigenvalue weighted by Crippen LogP contribution is 2.33. The van der Waals surface area contributed by atoms with Gasteiger partial charge in [0.2, 0.25) is 0 Å². The van der Waals surface area contributed by atoms with E-state index in [1.54, 1.807) is 11.3 Å². The molecule has 18 heavy (non-hydrogen) atoms. The molecule has 0 saturated carbocycles. The zero-order chi connectivity index (χ0) is 12.7. The van der Waals surface area contributed by atoms with Crippen LogP contribution in [0.15, 0.2) is 18.2 Å². The minimum absolute atomic E-state index is 0.0747. The van der Waals surface area contributed by atoms with E-state index in [0.717, 1.165) is 10.7 Å². The molecule has 3 rings (SSSR count). The number of hydrogen-bond donors (Lipinski definition) is 1. The summed E-state index contributed by atoms with van der Waals surface area (Å²) in [5.41, 5.74) is 11.3. The van der Waals surface area contributed by atoms with E-state index in [1.165, 1.54) is 40.8 Å². The van der Waals surface area contributed by atoms with Crippen LogP contribution in [0.5, 0.6) is 0 Å². The lowest BCUT2D eigenvalue weighted by atomic mass is 10.1. The molecular formula is C15H18N2S. The molecule has 2 aromatic rings. The Hall–Kier alpha value is -1.19. The maximum Gasteiger partial charge on any atom is 0.123 e. The Morgan fingerprint density at radius 3 is 2.78 bits per heavy atom. The molecule has 0 saturated heterocycles. The summed E-state index contributed by atoms with van der Waals surface area (Å²) in [6, 6.07) is 6.85. The molecule has 0 spiro atoms. The lowest BCUT2D eigenvalue weighted by Crippen LogP contribution is -2.03. The summed E-state index contributed by atoms with van der Waals surface area (Å²) in [6.07, 6.45) is 3.74. The van der Waals surface area contributed by atoms with Crippen LogP contribution < -0.4 is 5.73 Å². The van der Waals surface area contributed by atoms with Gasteiger partial charge < -0.3 is 5.73 Å². The van der Waals surface area contributed by atoms with Crippen molar-refractivity contribution in [1.29, 1.82) is 0 Å². The quantitative estimate of drug-likeness (QED) is 0.893. The number of rotatable bonds is 2. The number of nitrogens with zero attached hydrogens (tertiary/aromatic N) is 1. The van der Waals surface area contributed by atoms with Gasteiger partial charge in [0.25, 0.3) is 0 Å². The fourth-order valence-electron chi connectivity index (χ4n) is 2.66. The maximum atomic E-state index is 5.97. The molecule has 1 aromatic heterocycles. The normalized spacial score (nSPS) is 15.7. The molecular weight excluding hydrogens is 240 g/mol. The van der Waals surface area contributed by atoms with Crippen molar-refractivity contribution in [2.75, 3.05) is 0 Å². The minimum Gasteiger partial charge on any atom is -0.323 e. The first-order valence-corrected chi connectivity index (χ1v) is 7.32. The van der Waals surface area contributed by atoms with Crippen LogP contribution in [0, 0.1) is 6.92 Å². The zero-order valence-corrected chi connectivity index (χ0v) is 11.7. The van der Waals surface area contributed by atoms with E-state index in [0.29, 0.717) is 0 Å². The number of aryl methyl sites for hydroxylation is 3. The molecule has 0 radical (unpaired) electrons. The molecule has 94 valence electrons. The van der Waals surface area contributed by atoms with Gasteiger partial charge in [0.05, 0.1) is 5.69 Å². The molecule has 1 aliphatic carbocycles. The first kappa shape index (κ1) is 11.9. The molecule has 1 atom stereocenters. The standard InChI is InChI=1S/C15H18N2S/c1-9(16)14-10(2)17-15(18-14)13-7-6-11-4-3-5-12(11)8-13/h6-9H,3-5,16H2,1-2H3. The van der Waals surface area contributed by atoms with Gasteiger partial charge in [-0.2, -0.15) is 0 Å². The molecule has 2 nitrogen and oxygen atoms in total. The molecule has 1 unspecified atom stereocenters. The summed E-state index contributed by atoms with van der Waals surface area (Å²) >= 11 is 1.73. The fourth-order valence-corrected chi connectivity index (χ4v) is 3.67. The first-order chi connectivity index (χ1) is 8.65. The molecule has 1 aliphatic rings. The van der Waals surface area contributed by atoms with Gasteiger partial charge in [-0.05, 0) is 50.3 Å². The average Bonchev–Trinajstić information content (AvgIpc) is 2.93. The second-order valence-corrected chi connectivity index (χ2v) is 6.13. The molecule has 0 aliphatic heterocycles. The molecule has 0 bridgehead atoms. The Morgan fingerprint density at radius 1 is 1.28 bits per heavy atom. The summed E-state index contributed by atoms with van der Waals surface area (Å²) in [5, 5.41) is 1.11. The predicted octanol–water partition coefficient (Wildman–Crippen LogP) is 3.63. The topological polar surface area (TPSA) is 38.9 Å². The zero-order valence-electron chi connectivity index (χ0n) is 10.9. The van der Waals surface area contributed by atoms with Gasteiger partial charge in [-0.3, -0.25) is 0 Å². The second kappa shape index (κ2) is 4.48. The van der Waals surface area contributed by atoms with Crippen molar-refractivity contribution in [2.24, 2.45) is 5.73 Å². The Balaban J connectivity index is 2.02. The van der Waals surface area contributed by atoms with Gasteiger partial charge in [-0.15, -0.1) is 11.3 Å². The second-order valence-electron chi connectivity index (χ2n) is 5.09. The minimum atomic E-state index is 0.0747. The number of aromatic nitrogens is 1. The Kier molecular flexibility index (Phi) is 2.96. The third kappa shape index (κ3) is 1.98. The van der Waals surface area contributed by atoms with Gasteiger partial charge in [-0.1, -0.05) is 12.1 Å². The van der Waals surface area contributed by atoms with E-state index in [4.69, 9.17) is 5.73 Å². The molecule has 1 aromatic carbocycles. The van der Waals surface area contributed by atoms with Crippen molar-refractivity contribution in [2.45, 2.75) is 39.2 Å². The monoisotopic (exact) mass is 258 g/mol. The first-order valence-electron chi connectivity index (χ1n) is 6.50. The van der Waals surface area contributed by atoms with E-state index < -0.39 is 0 Å². The number of benzene rings is 1. The Bertz CT molecular complexity index is 584. The third-order valence-corrected chi connectivity index (χ3v) is 5.00. The van der Waals surface area contributed by atoms with Crippen molar-refractivity contribution in [3.05, 3.63) is 39.9 Å². The highest BCUT2D eigenvalue weighted by molar-refractivity contribution is 7.15. The van der Waals surface area contributed by atoms with Crippen LogP contribution >= 0.6 is 11.3 Å². The smallest absolute Gasteiger partial charge is 0.123 e. The van der Waals surface area contributed by atoms with Gasteiger partial charge in [0, 0.05) is 16.5 Å². The molecule has 1 heterocycles. The van der Waals surface area contributed by atoms with Gasteiger partial charge in [0.15, 0.2) is 0 Å². The number of nitrogens with two attached hydrogens (primary N) is 1. The third-order valence-electron chi connectivity index (χ3n) is 3.59. The SMILES string of the molecule is Cc1nc(-c2ccc3c(c2)CCC3)sc1C(C)N. The summed E-state index contributed by atoms with van der Waals surface area (Å²) in [5.74, 6) is 0. The van der Waals surface area contributed by atoms with E-state index in [1.807, 2.05) is 13.8 Å². The summed E-state index contributed by atoms with van der Waals surface area (Å²) in [7, 11) is 0. The molecule has 2 N–H and O–H groups in total. The Labute approximate surface area is 112 Å².